The Bertz CT molecular complexity index is 1550. The maximum atomic E-state index is 13.3. The summed E-state index contributed by atoms with van der Waals surface area (Å²) in [6.07, 6.45) is -0.0574. The van der Waals surface area contributed by atoms with E-state index in [0.29, 0.717) is 23.9 Å². The van der Waals surface area contributed by atoms with E-state index in [1.807, 2.05) is 0 Å². The summed E-state index contributed by atoms with van der Waals surface area (Å²) in [6, 6.07) is 6.55. The molecule has 20 heteroatoms. The molecule has 2 atom stereocenters. The van der Waals surface area contributed by atoms with Crippen LogP contribution < -0.4 is 27.4 Å². The van der Waals surface area contributed by atoms with E-state index in [1.165, 1.54) is 7.05 Å². The maximum Gasteiger partial charge on any atom is 0.253 e. The van der Waals surface area contributed by atoms with E-state index in [1.54, 1.807) is 24.3 Å². The van der Waals surface area contributed by atoms with E-state index in [9.17, 15) is 47.9 Å². The minimum atomic E-state index is -1.59. The lowest BCUT2D eigenvalue weighted by Gasteiger charge is -2.24. The first kappa shape index (κ1) is 40.0. The highest BCUT2D eigenvalue weighted by Gasteiger charge is 2.59. The Morgan fingerprint density at radius 1 is 0.960 bits per heavy atom. The van der Waals surface area contributed by atoms with Gasteiger partial charge in [0.25, 0.3) is 5.91 Å². The van der Waals surface area contributed by atoms with Crippen molar-refractivity contribution in [3.05, 3.63) is 29.8 Å². The third-order valence-corrected chi connectivity index (χ3v) is 11.9. The van der Waals surface area contributed by atoms with Crippen molar-refractivity contribution >= 4 is 97.9 Å². The molecule has 8 amide bonds. The van der Waals surface area contributed by atoms with Crippen molar-refractivity contribution in [1.29, 1.82) is 0 Å². The molecule has 0 spiro atoms. The molecule has 2 fully saturated rings. The number of hydrogen-bond donors (Lipinski definition) is 5. The van der Waals surface area contributed by atoms with Gasteiger partial charge < -0.3 is 32.3 Å². The molecule has 7 N–H and O–H groups in total. The first-order valence-electron chi connectivity index (χ1n) is 15.2. The van der Waals surface area contributed by atoms with Crippen molar-refractivity contribution in [2.24, 2.45) is 11.5 Å². The van der Waals surface area contributed by atoms with Crippen LogP contribution in [0.3, 0.4) is 0 Å². The highest BCUT2D eigenvalue weighted by molar-refractivity contribution is 8.94. The van der Waals surface area contributed by atoms with Crippen molar-refractivity contribution in [1.82, 2.24) is 20.4 Å². The molecule has 2 unspecified atom stereocenters. The van der Waals surface area contributed by atoms with Crippen LogP contribution in [0.2, 0.25) is 0 Å². The smallest absolute Gasteiger partial charge is 0.253 e. The number of likely N-dealkylation sites (tertiary alicyclic amines) is 1. The lowest BCUT2D eigenvalue weighted by Crippen LogP contribution is -2.47. The zero-order chi connectivity index (χ0) is 37.2. The van der Waals surface area contributed by atoms with Gasteiger partial charge in [-0.05, 0) is 31.0 Å². The molecule has 0 radical (unpaired) electrons. The minimum absolute atomic E-state index is 0.165. The number of nitrogens with one attached hydrogen (secondary N) is 3. The van der Waals surface area contributed by atoms with Crippen LogP contribution in [-0.4, -0.2) is 116 Å². The molecule has 1 aromatic carbocycles. The van der Waals surface area contributed by atoms with Crippen LogP contribution in [0.4, 0.5) is 5.69 Å². The highest BCUT2D eigenvalue weighted by atomic mass is 33.2. The predicted octanol–water partition coefficient (Wildman–Crippen LogP) is -1.52. The van der Waals surface area contributed by atoms with Crippen LogP contribution in [0.25, 0.3) is 0 Å². The molecule has 1 aromatic rings. The summed E-state index contributed by atoms with van der Waals surface area (Å²) in [5.74, 6) is -6.40. The van der Waals surface area contributed by atoms with Gasteiger partial charge in [0.15, 0.2) is 11.6 Å². The average molecular weight is 752 g/mol. The monoisotopic (exact) mass is 751 g/mol. The van der Waals surface area contributed by atoms with Gasteiger partial charge in [0.05, 0.1) is 11.8 Å². The quantitative estimate of drug-likeness (QED) is 0.0439. The molecule has 0 aliphatic carbocycles. The fourth-order valence-electron chi connectivity index (χ4n) is 4.67. The molecule has 2 saturated heterocycles. The summed E-state index contributed by atoms with van der Waals surface area (Å²) in [4.78, 5) is 125. The van der Waals surface area contributed by atoms with Crippen LogP contribution in [-0.2, 0) is 54.4 Å². The van der Waals surface area contributed by atoms with Gasteiger partial charge >= 0.3 is 0 Å². The molecule has 2 aliphatic heterocycles. The zero-order valence-electron chi connectivity index (χ0n) is 27.2. The first-order chi connectivity index (χ1) is 23.6. The van der Waals surface area contributed by atoms with Gasteiger partial charge in [-0.25, -0.2) is 0 Å². The van der Waals surface area contributed by atoms with E-state index >= 15 is 0 Å². The number of nitrogens with zero attached hydrogens (tertiary/aromatic N) is 2. The number of carbonyl (C=O) groups excluding carboxylic acids is 10. The third-order valence-electron chi connectivity index (χ3n) is 7.47. The number of rotatable bonds is 20. The summed E-state index contributed by atoms with van der Waals surface area (Å²) in [7, 11) is 3.34. The number of thioether (sulfide) groups is 1. The minimum Gasteiger partial charge on any atom is -0.368 e. The molecule has 0 bridgehead atoms. The number of aryl methyl sites for hydroxylation is 1. The van der Waals surface area contributed by atoms with Crippen LogP contribution in [0, 0.1) is 0 Å². The second kappa shape index (κ2) is 18.0. The normalized spacial score (nSPS) is 16.6. The largest absolute Gasteiger partial charge is 0.368 e. The fourth-order valence-corrected chi connectivity index (χ4v) is 7.67. The fraction of sp³-hybridized carbons (Fsp3) is 0.467. The number of amides is 8. The van der Waals surface area contributed by atoms with Crippen molar-refractivity contribution in [2.45, 2.75) is 53.6 Å². The lowest BCUT2D eigenvalue weighted by atomic mass is 10.1. The van der Waals surface area contributed by atoms with E-state index in [4.69, 9.17) is 11.5 Å². The number of Topliss-reactive ketones (excluding diaryl/α,β-unsaturated/α-hetero) is 2. The first-order valence-corrected chi connectivity index (χ1v) is 18.3. The summed E-state index contributed by atoms with van der Waals surface area (Å²) in [5, 5.41) is 5.34. The van der Waals surface area contributed by atoms with Crippen molar-refractivity contribution in [2.75, 3.05) is 38.5 Å². The van der Waals surface area contributed by atoms with Gasteiger partial charge in [-0.1, -0.05) is 33.7 Å². The summed E-state index contributed by atoms with van der Waals surface area (Å²) >= 11 is 0.656. The van der Waals surface area contributed by atoms with E-state index < -0.39 is 87.6 Å². The molecule has 270 valence electrons. The zero-order valence-corrected chi connectivity index (χ0v) is 29.6. The Morgan fingerprint density at radius 3 is 2.18 bits per heavy atom. The van der Waals surface area contributed by atoms with Crippen molar-refractivity contribution < 1.29 is 47.9 Å². The van der Waals surface area contributed by atoms with Gasteiger partial charge in [-0.15, -0.1) is 11.8 Å². The van der Waals surface area contributed by atoms with Crippen LogP contribution in [0.5, 0.6) is 0 Å². The molecule has 3 rings (SSSR count). The standard InChI is InChI=1S/C30H37N7O10S3/c1-16(38)26(27(31)45)48-19-13-25(44)37(28(19)46)12-10-24(43)36(14-20(39)30(29(32)47)49-50-30)15-23(42)35-18-6-3-17(4-7-18)5-8-22(41)34-11-9-21(40)33-2/h3-4,6-7,19,26H,5,8-15H2,1-2H3,(H2,31,45)(H2,32,47)(H,33,40)(H,34,41)(H,35,42). The SMILES string of the molecule is CNC(=O)CCNC(=O)CCc1ccc(NC(=O)CN(CC(=O)C2(C(N)=O)SS2)C(=O)CCN2C(=O)CC(SC(C(C)=O)C(N)=O)C2=O)cc1. The summed E-state index contributed by atoms with van der Waals surface area (Å²) < 4.78 is -1.59. The number of anilines is 1. The van der Waals surface area contributed by atoms with Gasteiger partial charge in [-0.3, -0.25) is 52.8 Å². The summed E-state index contributed by atoms with van der Waals surface area (Å²) in [6.45, 7) is -0.333. The van der Waals surface area contributed by atoms with Crippen LogP contribution >= 0.6 is 33.3 Å². The number of carbonyl (C=O) groups is 10. The van der Waals surface area contributed by atoms with Gasteiger partial charge in [-0.2, -0.15) is 0 Å². The second-order valence-electron chi connectivity index (χ2n) is 11.2. The molecular formula is C30H37N7O10S3. The van der Waals surface area contributed by atoms with E-state index in [2.05, 4.69) is 16.0 Å². The number of ketones is 2. The molecule has 50 heavy (non-hydrogen) atoms. The number of hydrogen-bond acceptors (Lipinski definition) is 13. The third kappa shape index (κ3) is 11.0. The lowest BCUT2D eigenvalue weighted by molar-refractivity contribution is -0.142. The van der Waals surface area contributed by atoms with E-state index in [-0.39, 0.29) is 37.6 Å². The predicted molar refractivity (Wildman–Crippen MR) is 185 cm³/mol. The van der Waals surface area contributed by atoms with Gasteiger partial charge in [0.1, 0.15) is 11.8 Å². The van der Waals surface area contributed by atoms with Gasteiger partial charge in [0, 0.05) is 51.5 Å². The topological polar surface area (TPSA) is 265 Å². The summed E-state index contributed by atoms with van der Waals surface area (Å²) in [5.41, 5.74) is 11.8. The molecule has 0 aromatic heterocycles. The van der Waals surface area contributed by atoms with Crippen molar-refractivity contribution in [3.63, 3.8) is 0 Å². The van der Waals surface area contributed by atoms with Crippen LogP contribution in [0.1, 0.15) is 38.2 Å². The Labute approximate surface area is 298 Å². The molecule has 2 heterocycles. The Hall–Kier alpha value is -4.43. The Balaban J connectivity index is 1.60. The Morgan fingerprint density at radius 2 is 1.62 bits per heavy atom. The molecule has 17 nitrogen and oxygen atoms in total. The van der Waals surface area contributed by atoms with Crippen LogP contribution in [0.15, 0.2) is 24.3 Å². The van der Waals surface area contributed by atoms with Gasteiger partial charge in [0.2, 0.25) is 45.4 Å². The Kier molecular flexibility index (Phi) is 14.4. The highest BCUT2D eigenvalue weighted by Crippen LogP contribution is 2.65. The number of primary amides is 2. The maximum absolute atomic E-state index is 13.3. The molecule has 2 aliphatic rings. The second-order valence-corrected chi connectivity index (χ2v) is 15.3. The molecule has 0 saturated carbocycles. The van der Waals surface area contributed by atoms with E-state index in [0.717, 1.165) is 43.9 Å². The number of imide groups is 1. The number of nitrogens with two attached hydrogens (primary N) is 2. The number of benzene rings is 1. The van der Waals surface area contributed by atoms with Crippen molar-refractivity contribution in [3.8, 4) is 0 Å². The average Bonchev–Trinajstić information content (AvgIpc) is 3.83. The molecular weight excluding hydrogens is 715 g/mol.